The summed E-state index contributed by atoms with van der Waals surface area (Å²) in [5, 5.41) is 0. The van der Waals surface area contributed by atoms with Gasteiger partial charge in [0.1, 0.15) is 17.5 Å². The zero-order valence-corrected chi connectivity index (χ0v) is 15.2. The number of carbonyl (C=O) groups is 1. The summed E-state index contributed by atoms with van der Waals surface area (Å²) in [6.07, 6.45) is -0.0600. The molecule has 0 saturated heterocycles. The Morgan fingerprint density at radius 1 is 1.03 bits per heavy atom. The van der Waals surface area contributed by atoms with Crippen molar-refractivity contribution in [3.05, 3.63) is 64.5 Å². The third-order valence-corrected chi connectivity index (χ3v) is 5.42. The highest BCUT2D eigenvalue weighted by molar-refractivity contribution is 7.93. The Hall–Kier alpha value is -2.76. The second-order valence-electron chi connectivity index (χ2n) is 6.21. The van der Waals surface area contributed by atoms with Crippen molar-refractivity contribution in [1.82, 2.24) is 4.90 Å². The summed E-state index contributed by atoms with van der Waals surface area (Å²) >= 11 is 0. The molecule has 0 unspecified atom stereocenters. The van der Waals surface area contributed by atoms with E-state index in [0.717, 1.165) is 29.2 Å². The molecule has 0 aromatic heterocycles. The molecule has 0 radical (unpaired) electrons. The van der Waals surface area contributed by atoms with Crippen LogP contribution in [0.25, 0.3) is 0 Å². The molecule has 0 atom stereocenters. The molecule has 1 aliphatic heterocycles. The summed E-state index contributed by atoms with van der Waals surface area (Å²) in [6.45, 7) is -0.556. The largest absolute Gasteiger partial charge is 0.516 e. The number of amides is 1. The van der Waals surface area contributed by atoms with Crippen LogP contribution in [0.5, 0.6) is 0 Å². The minimum Gasteiger partial charge on any atom is -0.334 e. The summed E-state index contributed by atoms with van der Waals surface area (Å²) < 4.78 is 103. The highest BCUT2D eigenvalue weighted by Gasteiger charge is 2.46. The molecule has 3 rings (SSSR count). The minimum absolute atomic E-state index is 0.0600. The van der Waals surface area contributed by atoms with Crippen LogP contribution in [0.4, 0.5) is 32.0 Å². The van der Waals surface area contributed by atoms with Crippen molar-refractivity contribution in [3.8, 4) is 0 Å². The average Bonchev–Trinajstić information content (AvgIpc) is 2.61. The highest BCUT2D eigenvalue weighted by Crippen LogP contribution is 2.30. The maximum Gasteiger partial charge on any atom is 0.516 e. The Bertz CT molecular complexity index is 1090. The topological polar surface area (TPSA) is 66.5 Å². The number of hydrogen-bond donors (Lipinski definition) is 1. The lowest BCUT2D eigenvalue weighted by molar-refractivity contribution is -0.0429. The predicted octanol–water partition coefficient (Wildman–Crippen LogP) is 3.56. The lowest BCUT2D eigenvalue weighted by atomic mass is 9.97. The fourth-order valence-electron chi connectivity index (χ4n) is 2.92. The Kier molecular flexibility index (Phi) is 5.24. The first-order valence-electron chi connectivity index (χ1n) is 8.04. The molecule has 0 spiro atoms. The monoisotopic (exact) mass is 438 g/mol. The lowest BCUT2D eigenvalue weighted by Gasteiger charge is -2.29. The normalized spacial score (nSPS) is 14.7. The Labute approximate surface area is 161 Å². The van der Waals surface area contributed by atoms with Gasteiger partial charge in [-0.3, -0.25) is 9.52 Å². The van der Waals surface area contributed by atoms with Crippen molar-refractivity contribution in [2.75, 3.05) is 11.3 Å². The van der Waals surface area contributed by atoms with E-state index in [0.29, 0.717) is 6.07 Å². The third kappa shape index (κ3) is 4.02. The molecule has 2 aromatic carbocycles. The highest BCUT2D eigenvalue weighted by atomic mass is 32.2. The van der Waals surface area contributed by atoms with E-state index in [9.17, 15) is 39.6 Å². The SMILES string of the molecule is O=C1c2c(F)ccc(F)c2CCN1Cc1ccc(F)cc1NS(=O)(=O)C(F)(F)F. The fraction of sp³-hybridized carbons (Fsp3) is 0.235. The maximum atomic E-state index is 14.0. The van der Waals surface area contributed by atoms with Crippen LogP contribution in [0.2, 0.25) is 0 Å². The van der Waals surface area contributed by atoms with Crippen LogP contribution in [0, 0.1) is 17.5 Å². The van der Waals surface area contributed by atoms with Gasteiger partial charge in [0.15, 0.2) is 0 Å². The van der Waals surface area contributed by atoms with E-state index in [4.69, 9.17) is 0 Å². The van der Waals surface area contributed by atoms with Crippen LogP contribution in [-0.4, -0.2) is 31.3 Å². The quantitative estimate of drug-likeness (QED) is 0.743. The van der Waals surface area contributed by atoms with Crippen molar-refractivity contribution in [2.24, 2.45) is 0 Å². The van der Waals surface area contributed by atoms with Gasteiger partial charge in [-0.2, -0.15) is 21.6 Å². The number of anilines is 1. The molecule has 0 bridgehead atoms. The van der Waals surface area contributed by atoms with Crippen molar-refractivity contribution >= 4 is 21.6 Å². The van der Waals surface area contributed by atoms with Gasteiger partial charge in [0.25, 0.3) is 5.91 Å². The number of hydrogen-bond acceptors (Lipinski definition) is 3. The van der Waals surface area contributed by atoms with Gasteiger partial charge in [-0.15, -0.1) is 0 Å². The van der Waals surface area contributed by atoms with Gasteiger partial charge in [0.05, 0.1) is 11.3 Å². The molecule has 1 aliphatic rings. The number of fused-ring (bicyclic) bond motifs is 1. The molecule has 1 N–H and O–H groups in total. The Balaban J connectivity index is 1.94. The third-order valence-electron chi connectivity index (χ3n) is 4.32. The van der Waals surface area contributed by atoms with Gasteiger partial charge in [-0.1, -0.05) is 6.07 Å². The first-order valence-corrected chi connectivity index (χ1v) is 9.52. The van der Waals surface area contributed by atoms with Gasteiger partial charge < -0.3 is 4.90 Å². The van der Waals surface area contributed by atoms with E-state index in [1.807, 2.05) is 0 Å². The number of carbonyl (C=O) groups excluding carboxylic acids is 1. The minimum atomic E-state index is -5.84. The van der Waals surface area contributed by atoms with E-state index < -0.39 is 56.7 Å². The second kappa shape index (κ2) is 7.25. The molecule has 29 heavy (non-hydrogen) atoms. The number of halogens is 6. The van der Waals surface area contributed by atoms with Crippen LogP contribution in [-0.2, 0) is 23.0 Å². The summed E-state index contributed by atoms with van der Waals surface area (Å²) in [6, 6.07) is 4.04. The van der Waals surface area contributed by atoms with Crippen LogP contribution < -0.4 is 4.72 Å². The summed E-state index contributed by atoms with van der Waals surface area (Å²) in [5.41, 5.74) is -7.15. The van der Waals surface area contributed by atoms with E-state index in [-0.39, 0.29) is 24.1 Å². The molecule has 0 saturated carbocycles. The molecule has 156 valence electrons. The number of nitrogens with zero attached hydrogens (tertiary/aromatic N) is 1. The van der Waals surface area contributed by atoms with Crippen molar-refractivity contribution < 1.29 is 39.6 Å². The summed E-state index contributed by atoms with van der Waals surface area (Å²) in [7, 11) is -5.84. The zero-order valence-electron chi connectivity index (χ0n) is 14.4. The predicted molar refractivity (Wildman–Crippen MR) is 89.8 cm³/mol. The first-order chi connectivity index (χ1) is 13.4. The van der Waals surface area contributed by atoms with Gasteiger partial charge in [0.2, 0.25) is 0 Å². The van der Waals surface area contributed by atoms with Gasteiger partial charge in [-0.05, 0) is 36.2 Å². The molecular formula is C17H12F6N2O3S. The average molecular weight is 438 g/mol. The van der Waals surface area contributed by atoms with Crippen LogP contribution in [0.1, 0.15) is 21.5 Å². The van der Waals surface area contributed by atoms with E-state index >= 15 is 0 Å². The maximum absolute atomic E-state index is 14.0. The number of rotatable bonds is 4. The van der Waals surface area contributed by atoms with Crippen LogP contribution in [0.15, 0.2) is 30.3 Å². The molecule has 0 aliphatic carbocycles. The number of nitrogens with one attached hydrogen (secondary N) is 1. The van der Waals surface area contributed by atoms with Gasteiger partial charge in [-0.25, -0.2) is 13.2 Å². The van der Waals surface area contributed by atoms with Gasteiger partial charge in [0, 0.05) is 18.7 Å². The molecule has 12 heteroatoms. The lowest BCUT2D eigenvalue weighted by Crippen LogP contribution is -2.38. The Morgan fingerprint density at radius 2 is 1.69 bits per heavy atom. The number of benzene rings is 2. The molecule has 0 fully saturated rings. The van der Waals surface area contributed by atoms with Crippen molar-refractivity contribution in [1.29, 1.82) is 0 Å². The molecule has 5 nitrogen and oxygen atoms in total. The zero-order chi connectivity index (χ0) is 21.6. The second-order valence-corrected chi connectivity index (χ2v) is 7.89. The fourth-order valence-corrected chi connectivity index (χ4v) is 3.51. The van der Waals surface area contributed by atoms with Crippen molar-refractivity contribution in [3.63, 3.8) is 0 Å². The Morgan fingerprint density at radius 3 is 2.34 bits per heavy atom. The molecule has 1 amide bonds. The van der Waals surface area contributed by atoms with E-state index in [1.54, 1.807) is 0 Å². The van der Waals surface area contributed by atoms with Crippen LogP contribution >= 0.6 is 0 Å². The van der Waals surface area contributed by atoms with Crippen molar-refractivity contribution in [2.45, 2.75) is 18.5 Å². The standard InChI is InChI=1S/C17H12F6N2O3S/c18-10-2-1-9(14(7-10)24-29(27,28)17(21,22)23)8-25-6-5-11-12(19)3-4-13(20)15(11)16(25)26/h1-4,7,24H,5-6,8H2. The number of sulfonamides is 1. The molecule has 2 aromatic rings. The first kappa shape index (κ1) is 21.0. The molecular weight excluding hydrogens is 426 g/mol. The molecule has 1 heterocycles. The van der Waals surface area contributed by atoms with E-state index in [2.05, 4.69) is 0 Å². The smallest absolute Gasteiger partial charge is 0.334 e. The summed E-state index contributed by atoms with van der Waals surface area (Å²) in [4.78, 5) is 13.5. The van der Waals surface area contributed by atoms with Crippen LogP contribution in [0.3, 0.4) is 0 Å². The van der Waals surface area contributed by atoms with Gasteiger partial charge >= 0.3 is 15.5 Å². The number of alkyl halides is 3. The van der Waals surface area contributed by atoms with E-state index in [1.165, 1.54) is 4.72 Å². The summed E-state index contributed by atoms with van der Waals surface area (Å²) in [5.74, 6) is -3.67.